The standard InChI is InChI=1S/C28H27N7OS/c29-25-10-6-17(14-31-25)22-12-21(16-33-27(22)18-7-11-26(30)32-15-18)36-20-8-9-23-24(13-20)37-28(35-23)34-19-4-2-1-3-5-19/h6-16,19H,1-5H2,(H2,29,31)(H2,30,32)(H,34,35). The molecule has 0 aliphatic heterocycles. The van der Waals surface area contributed by atoms with Crippen LogP contribution in [0.5, 0.6) is 11.5 Å². The van der Waals surface area contributed by atoms with Crippen molar-refractivity contribution >= 4 is 38.3 Å². The zero-order valence-corrected chi connectivity index (χ0v) is 21.0. The Hall–Kier alpha value is -4.24. The van der Waals surface area contributed by atoms with Crippen molar-refractivity contribution in [1.29, 1.82) is 0 Å². The number of benzene rings is 1. The zero-order valence-electron chi connectivity index (χ0n) is 20.2. The highest BCUT2D eigenvalue weighted by Gasteiger charge is 2.16. The second-order valence-corrected chi connectivity index (χ2v) is 10.3. The minimum Gasteiger partial charge on any atom is -0.456 e. The molecule has 6 rings (SSSR count). The minimum atomic E-state index is 0.454. The molecule has 0 radical (unpaired) electrons. The molecule has 0 unspecified atom stereocenters. The molecule has 0 atom stereocenters. The zero-order chi connectivity index (χ0) is 25.2. The Morgan fingerprint density at radius 1 is 0.784 bits per heavy atom. The quantitative estimate of drug-likeness (QED) is 0.236. The number of pyridine rings is 3. The highest BCUT2D eigenvalue weighted by molar-refractivity contribution is 7.22. The number of hydrogen-bond donors (Lipinski definition) is 3. The van der Waals surface area contributed by atoms with Crippen LogP contribution in [0, 0.1) is 0 Å². The largest absolute Gasteiger partial charge is 0.456 e. The smallest absolute Gasteiger partial charge is 0.184 e. The molecule has 1 aromatic carbocycles. The van der Waals surface area contributed by atoms with Crippen LogP contribution in [0.3, 0.4) is 0 Å². The van der Waals surface area contributed by atoms with Gasteiger partial charge in [0.05, 0.1) is 22.1 Å². The van der Waals surface area contributed by atoms with Gasteiger partial charge in [0, 0.05) is 41.2 Å². The summed E-state index contributed by atoms with van der Waals surface area (Å²) in [5.74, 6) is 2.25. The second-order valence-electron chi connectivity index (χ2n) is 9.24. The molecule has 5 N–H and O–H groups in total. The third-order valence-electron chi connectivity index (χ3n) is 6.55. The Labute approximate surface area is 218 Å². The van der Waals surface area contributed by atoms with Crippen molar-refractivity contribution in [3.05, 3.63) is 67.1 Å². The van der Waals surface area contributed by atoms with Crippen LogP contribution in [0.15, 0.2) is 67.1 Å². The van der Waals surface area contributed by atoms with E-state index in [9.17, 15) is 0 Å². The fourth-order valence-electron chi connectivity index (χ4n) is 4.65. The van der Waals surface area contributed by atoms with Gasteiger partial charge < -0.3 is 21.5 Å². The van der Waals surface area contributed by atoms with Crippen molar-refractivity contribution in [3.63, 3.8) is 0 Å². The number of hydrogen-bond acceptors (Lipinski definition) is 9. The Balaban J connectivity index is 1.29. The van der Waals surface area contributed by atoms with Gasteiger partial charge in [-0.2, -0.15) is 0 Å². The number of nitrogen functional groups attached to an aromatic ring is 2. The van der Waals surface area contributed by atoms with Crippen LogP contribution in [-0.2, 0) is 0 Å². The summed E-state index contributed by atoms with van der Waals surface area (Å²) in [6, 6.07) is 15.8. The van der Waals surface area contributed by atoms with Gasteiger partial charge in [0.1, 0.15) is 23.1 Å². The predicted molar refractivity (Wildman–Crippen MR) is 150 cm³/mol. The summed E-state index contributed by atoms with van der Waals surface area (Å²) in [6.07, 6.45) is 11.5. The van der Waals surface area contributed by atoms with E-state index in [1.165, 1.54) is 32.1 Å². The van der Waals surface area contributed by atoms with E-state index >= 15 is 0 Å². The SMILES string of the molecule is Nc1ccc(-c2cc(Oc3ccc4nc(NC5CCCCC5)sc4c3)cnc2-c2ccc(N)nc2)cn1. The minimum absolute atomic E-state index is 0.454. The molecule has 8 nitrogen and oxygen atoms in total. The Bertz CT molecular complexity index is 1530. The number of rotatable bonds is 6. The molecule has 1 saturated carbocycles. The molecule has 1 fully saturated rings. The lowest BCUT2D eigenvalue weighted by atomic mass is 9.96. The number of anilines is 3. The third kappa shape index (κ3) is 5.17. The number of nitrogens with two attached hydrogens (primary N) is 2. The first-order chi connectivity index (χ1) is 18.1. The van der Waals surface area contributed by atoms with Crippen molar-refractivity contribution in [1.82, 2.24) is 19.9 Å². The molecule has 1 aliphatic carbocycles. The first-order valence-electron chi connectivity index (χ1n) is 12.4. The Morgan fingerprint density at radius 3 is 2.27 bits per heavy atom. The van der Waals surface area contributed by atoms with Gasteiger partial charge in [-0.1, -0.05) is 30.6 Å². The molecule has 9 heteroatoms. The molecule has 186 valence electrons. The first-order valence-corrected chi connectivity index (χ1v) is 13.2. The van der Waals surface area contributed by atoms with E-state index in [1.54, 1.807) is 42.1 Å². The first kappa shape index (κ1) is 23.2. The Kier molecular flexibility index (Phi) is 6.28. The molecular formula is C28H27N7OS. The van der Waals surface area contributed by atoms with Crippen molar-refractivity contribution < 1.29 is 4.74 Å². The van der Waals surface area contributed by atoms with Crippen LogP contribution in [0.2, 0.25) is 0 Å². The van der Waals surface area contributed by atoms with Gasteiger partial charge >= 0.3 is 0 Å². The summed E-state index contributed by atoms with van der Waals surface area (Å²) in [5.41, 5.74) is 15.9. The highest BCUT2D eigenvalue weighted by atomic mass is 32.1. The lowest BCUT2D eigenvalue weighted by Gasteiger charge is -2.22. The number of fused-ring (bicyclic) bond motifs is 1. The summed E-state index contributed by atoms with van der Waals surface area (Å²) in [7, 11) is 0. The summed E-state index contributed by atoms with van der Waals surface area (Å²) in [6.45, 7) is 0. The lowest BCUT2D eigenvalue weighted by Crippen LogP contribution is -2.21. The number of aromatic nitrogens is 4. The van der Waals surface area contributed by atoms with Gasteiger partial charge in [-0.25, -0.2) is 15.0 Å². The van der Waals surface area contributed by atoms with Gasteiger partial charge in [0.15, 0.2) is 5.13 Å². The summed E-state index contributed by atoms with van der Waals surface area (Å²) in [5, 5.41) is 4.60. The maximum absolute atomic E-state index is 6.26. The average Bonchev–Trinajstić information content (AvgIpc) is 3.32. The van der Waals surface area contributed by atoms with E-state index in [0.29, 0.717) is 23.4 Å². The van der Waals surface area contributed by atoms with Gasteiger partial charge in [0.2, 0.25) is 0 Å². The fourth-order valence-corrected chi connectivity index (χ4v) is 5.62. The number of nitrogens with zero attached hydrogens (tertiary/aromatic N) is 4. The topological polar surface area (TPSA) is 125 Å². The monoisotopic (exact) mass is 509 g/mol. The van der Waals surface area contributed by atoms with Gasteiger partial charge in [-0.3, -0.25) is 4.98 Å². The molecule has 0 bridgehead atoms. The van der Waals surface area contributed by atoms with E-state index in [2.05, 4.69) is 15.3 Å². The van der Waals surface area contributed by atoms with E-state index in [-0.39, 0.29) is 0 Å². The molecule has 1 aliphatic rings. The number of nitrogens with one attached hydrogen (secondary N) is 1. The van der Waals surface area contributed by atoms with Crippen LogP contribution in [0.1, 0.15) is 32.1 Å². The van der Waals surface area contributed by atoms with Gasteiger partial charge in [-0.15, -0.1) is 0 Å². The van der Waals surface area contributed by atoms with Crippen LogP contribution >= 0.6 is 11.3 Å². The van der Waals surface area contributed by atoms with Crippen LogP contribution in [0.25, 0.3) is 32.6 Å². The van der Waals surface area contributed by atoms with Gasteiger partial charge in [0.25, 0.3) is 0 Å². The third-order valence-corrected chi connectivity index (χ3v) is 7.50. The summed E-state index contributed by atoms with van der Waals surface area (Å²) in [4.78, 5) is 18.0. The fraction of sp³-hybridized carbons (Fsp3) is 0.214. The molecule has 0 saturated heterocycles. The number of ether oxygens (including phenoxy) is 1. The maximum atomic E-state index is 6.26. The Morgan fingerprint density at radius 2 is 1.54 bits per heavy atom. The summed E-state index contributed by atoms with van der Waals surface area (Å²) >= 11 is 1.66. The molecule has 0 amide bonds. The van der Waals surface area contributed by atoms with Crippen molar-refractivity contribution in [2.75, 3.05) is 16.8 Å². The van der Waals surface area contributed by atoms with Crippen molar-refractivity contribution in [2.45, 2.75) is 38.1 Å². The average molecular weight is 510 g/mol. The van der Waals surface area contributed by atoms with Crippen LogP contribution < -0.4 is 21.5 Å². The van der Waals surface area contributed by atoms with E-state index in [0.717, 1.165) is 43.5 Å². The molecular weight excluding hydrogens is 482 g/mol. The second kappa shape index (κ2) is 10.0. The van der Waals surface area contributed by atoms with Crippen LogP contribution in [0.4, 0.5) is 16.8 Å². The maximum Gasteiger partial charge on any atom is 0.184 e. The molecule has 5 aromatic rings. The highest BCUT2D eigenvalue weighted by Crippen LogP contribution is 2.36. The lowest BCUT2D eigenvalue weighted by molar-refractivity contribution is 0.462. The normalized spacial score (nSPS) is 14.1. The molecule has 4 heterocycles. The van der Waals surface area contributed by atoms with E-state index in [4.69, 9.17) is 26.2 Å². The van der Waals surface area contributed by atoms with E-state index in [1.807, 2.05) is 36.4 Å². The van der Waals surface area contributed by atoms with Crippen molar-refractivity contribution in [3.8, 4) is 33.9 Å². The summed E-state index contributed by atoms with van der Waals surface area (Å²) < 4.78 is 7.34. The van der Waals surface area contributed by atoms with Gasteiger partial charge in [-0.05, 0) is 55.3 Å². The predicted octanol–water partition coefficient (Wildman–Crippen LogP) is 6.52. The molecule has 4 aromatic heterocycles. The van der Waals surface area contributed by atoms with Crippen LogP contribution in [-0.4, -0.2) is 26.0 Å². The van der Waals surface area contributed by atoms with E-state index < -0.39 is 0 Å². The number of thiazole rings is 1. The van der Waals surface area contributed by atoms with Crippen molar-refractivity contribution in [2.24, 2.45) is 0 Å². The molecule has 0 spiro atoms. The molecule has 37 heavy (non-hydrogen) atoms.